The van der Waals surface area contributed by atoms with Crippen LogP contribution in [0.2, 0.25) is 0 Å². The minimum absolute atomic E-state index is 0.0202. The van der Waals surface area contributed by atoms with E-state index < -0.39 is 27.9 Å². The van der Waals surface area contributed by atoms with Crippen LogP contribution < -0.4 is 5.32 Å². The smallest absolute Gasteiger partial charge is 0.325 e. The van der Waals surface area contributed by atoms with E-state index in [1.807, 2.05) is 11.4 Å². The summed E-state index contributed by atoms with van der Waals surface area (Å²) < 4.78 is 27.3. The molecule has 0 bridgehead atoms. The van der Waals surface area contributed by atoms with Crippen molar-refractivity contribution < 1.29 is 23.1 Å². The number of carboxylic acid groups (broad SMARTS) is 1. The maximum atomic E-state index is 12.9. The number of sulfonamides is 1. The zero-order valence-electron chi connectivity index (χ0n) is 14.0. The summed E-state index contributed by atoms with van der Waals surface area (Å²) in [6.45, 7) is 2.04. The minimum Gasteiger partial charge on any atom is -0.480 e. The van der Waals surface area contributed by atoms with Crippen molar-refractivity contribution in [3.63, 3.8) is 0 Å². The second kappa shape index (κ2) is 7.18. The Labute approximate surface area is 155 Å². The van der Waals surface area contributed by atoms with Gasteiger partial charge in [-0.15, -0.1) is 11.3 Å². The molecule has 0 fully saturated rings. The highest BCUT2D eigenvalue weighted by atomic mass is 32.2. The third kappa shape index (κ3) is 3.64. The Morgan fingerprint density at radius 1 is 1.31 bits per heavy atom. The zero-order chi connectivity index (χ0) is 18.9. The van der Waals surface area contributed by atoms with Crippen molar-refractivity contribution in [2.24, 2.45) is 0 Å². The van der Waals surface area contributed by atoms with Crippen molar-refractivity contribution in [3.8, 4) is 0 Å². The lowest BCUT2D eigenvalue weighted by Gasteiger charge is -2.26. The highest BCUT2D eigenvalue weighted by Crippen LogP contribution is 2.28. The first-order valence-corrected chi connectivity index (χ1v) is 10.3. The van der Waals surface area contributed by atoms with E-state index in [2.05, 4.69) is 5.32 Å². The van der Waals surface area contributed by atoms with Crippen LogP contribution in [0.4, 0.5) is 0 Å². The molecular weight excluding hydrogens is 376 g/mol. The van der Waals surface area contributed by atoms with E-state index in [9.17, 15) is 18.0 Å². The molecule has 1 aromatic carbocycles. The van der Waals surface area contributed by atoms with Crippen LogP contribution in [0.1, 0.15) is 27.7 Å². The fourth-order valence-electron chi connectivity index (χ4n) is 2.72. The fraction of sp³-hybridized carbons (Fsp3) is 0.294. The Morgan fingerprint density at radius 3 is 2.81 bits per heavy atom. The zero-order valence-corrected chi connectivity index (χ0v) is 15.6. The molecule has 1 amide bonds. The van der Waals surface area contributed by atoms with Gasteiger partial charge in [0.2, 0.25) is 10.0 Å². The Bertz CT molecular complexity index is 952. The van der Waals surface area contributed by atoms with Crippen LogP contribution in [-0.2, 0) is 27.8 Å². The maximum absolute atomic E-state index is 12.9. The summed E-state index contributed by atoms with van der Waals surface area (Å²) in [4.78, 5) is 24.2. The van der Waals surface area contributed by atoms with Gasteiger partial charge in [-0.05, 0) is 48.6 Å². The van der Waals surface area contributed by atoms with Gasteiger partial charge in [0, 0.05) is 23.5 Å². The summed E-state index contributed by atoms with van der Waals surface area (Å²) in [5.74, 6) is -1.79. The Balaban J connectivity index is 1.83. The van der Waals surface area contributed by atoms with Gasteiger partial charge in [0.15, 0.2) is 0 Å². The number of rotatable bonds is 5. The number of aliphatic carboxylic acids is 1. The standard InChI is InChI=1S/C17H18N2O5S2/c1-11(17(21)22)18-16(20)12-3-2-4-14(9-12)26(23,24)19-7-5-15-13(10-19)6-8-25-15/h2-4,6,8-9,11H,5,7,10H2,1H3,(H,18,20)(H,21,22)/t11-/m1/s1. The first-order chi connectivity index (χ1) is 12.3. The van der Waals surface area contributed by atoms with Gasteiger partial charge in [-0.1, -0.05) is 6.07 Å². The average molecular weight is 394 g/mol. The summed E-state index contributed by atoms with van der Waals surface area (Å²) >= 11 is 1.63. The van der Waals surface area contributed by atoms with Gasteiger partial charge in [-0.3, -0.25) is 9.59 Å². The lowest BCUT2D eigenvalue weighted by atomic mass is 10.1. The molecule has 0 saturated carbocycles. The lowest BCUT2D eigenvalue weighted by Crippen LogP contribution is -2.38. The Morgan fingerprint density at radius 2 is 2.08 bits per heavy atom. The van der Waals surface area contributed by atoms with Gasteiger partial charge in [0.05, 0.1) is 4.90 Å². The number of hydrogen-bond acceptors (Lipinski definition) is 5. The number of hydrogen-bond donors (Lipinski definition) is 2. The number of thiophene rings is 1. The van der Waals surface area contributed by atoms with Gasteiger partial charge in [0.25, 0.3) is 5.91 Å². The summed E-state index contributed by atoms with van der Waals surface area (Å²) in [6, 6.07) is 6.52. The Hall–Kier alpha value is -2.23. The first-order valence-electron chi connectivity index (χ1n) is 7.98. The monoisotopic (exact) mass is 394 g/mol. The molecule has 1 aliphatic rings. The van der Waals surface area contributed by atoms with Gasteiger partial charge < -0.3 is 10.4 Å². The van der Waals surface area contributed by atoms with Gasteiger partial charge >= 0.3 is 5.97 Å². The van der Waals surface area contributed by atoms with Crippen LogP contribution in [0.25, 0.3) is 0 Å². The molecule has 0 aliphatic carbocycles. The molecule has 9 heteroatoms. The molecule has 138 valence electrons. The molecule has 1 atom stereocenters. The predicted octanol–water partition coefficient (Wildman–Crippen LogP) is 1.70. The number of carbonyl (C=O) groups excluding carboxylic acids is 1. The van der Waals surface area contributed by atoms with Gasteiger partial charge in [-0.25, -0.2) is 8.42 Å². The van der Waals surface area contributed by atoms with E-state index in [1.165, 1.54) is 40.4 Å². The maximum Gasteiger partial charge on any atom is 0.325 e. The van der Waals surface area contributed by atoms with Crippen molar-refractivity contribution in [2.75, 3.05) is 6.54 Å². The average Bonchev–Trinajstić information content (AvgIpc) is 3.09. The van der Waals surface area contributed by atoms with Crippen LogP contribution in [0.5, 0.6) is 0 Å². The number of fused-ring (bicyclic) bond motifs is 1. The quantitative estimate of drug-likeness (QED) is 0.803. The van der Waals surface area contributed by atoms with Gasteiger partial charge in [-0.2, -0.15) is 4.31 Å². The molecule has 0 spiro atoms. The normalized spacial score (nSPS) is 15.9. The van der Waals surface area contributed by atoms with Crippen LogP contribution in [-0.4, -0.2) is 42.3 Å². The van der Waals surface area contributed by atoms with Crippen molar-refractivity contribution in [1.82, 2.24) is 9.62 Å². The highest BCUT2D eigenvalue weighted by Gasteiger charge is 2.29. The SMILES string of the molecule is C[C@@H](NC(=O)c1cccc(S(=O)(=O)N2CCc3sccc3C2)c1)C(=O)O. The molecule has 2 heterocycles. The van der Waals surface area contributed by atoms with Crippen molar-refractivity contribution in [3.05, 3.63) is 51.7 Å². The molecule has 0 unspecified atom stereocenters. The number of nitrogens with zero attached hydrogens (tertiary/aromatic N) is 1. The third-order valence-corrected chi connectivity index (χ3v) is 7.09. The summed E-state index contributed by atoms with van der Waals surface area (Å²) in [5.41, 5.74) is 1.11. The van der Waals surface area contributed by atoms with E-state index in [1.54, 1.807) is 11.3 Å². The summed E-state index contributed by atoms with van der Waals surface area (Å²) in [5, 5.41) is 13.1. The molecule has 2 N–H and O–H groups in total. The largest absolute Gasteiger partial charge is 0.480 e. The van der Waals surface area contributed by atoms with Crippen LogP contribution >= 0.6 is 11.3 Å². The van der Waals surface area contributed by atoms with Crippen LogP contribution in [0.3, 0.4) is 0 Å². The number of nitrogens with one attached hydrogen (secondary N) is 1. The molecule has 1 aromatic heterocycles. The molecule has 0 saturated heterocycles. The van der Waals surface area contributed by atoms with E-state index in [0.29, 0.717) is 19.5 Å². The molecule has 26 heavy (non-hydrogen) atoms. The molecule has 3 rings (SSSR count). The molecule has 1 aliphatic heterocycles. The van der Waals surface area contributed by atoms with Crippen LogP contribution in [0, 0.1) is 0 Å². The predicted molar refractivity (Wildman–Crippen MR) is 96.6 cm³/mol. The molecule has 0 radical (unpaired) electrons. The Kier molecular flexibility index (Phi) is 5.12. The lowest BCUT2D eigenvalue weighted by molar-refractivity contribution is -0.138. The number of carbonyl (C=O) groups is 2. The van der Waals surface area contributed by atoms with Crippen molar-refractivity contribution in [1.29, 1.82) is 0 Å². The second-order valence-electron chi connectivity index (χ2n) is 6.02. The van der Waals surface area contributed by atoms with E-state index in [4.69, 9.17) is 5.11 Å². The van der Waals surface area contributed by atoms with E-state index >= 15 is 0 Å². The van der Waals surface area contributed by atoms with E-state index in [-0.39, 0.29) is 10.5 Å². The van der Waals surface area contributed by atoms with Crippen molar-refractivity contribution >= 4 is 33.2 Å². The summed E-state index contributed by atoms with van der Waals surface area (Å²) in [6.07, 6.45) is 0.669. The van der Waals surface area contributed by atoms with E-state index in [0.717, 1.165) is 5.56 Å². The molecule has 7 nitrogen and oxygen atoms in total. The molecule has 2 aromatic rings. The van der Waals surface area contributed by atoms with Crippen molar-refractivity contribution in [2.45, 2.75) is 30.8 Å². The van der Waals surface area contributed by atoms with Crippen LogP contribution in [0.15, 0.2) is 40.6 Å². The number of carboxylic acids is 1. The number of benzene rings is 1. The summed E-state index contributed by atoms with van der Waals surface area (Å²) in [7, 11) is -3.74. The first kappa shape index (κ1) is 18.6. The topological polar surface area (TPSA) is 104 Å². The number of amides is 1. The molecular formula is C17H18N2O5S2. The second-order valence-corrected chi connectivity index (χ2v) is 8.96. The van der Waals surface area contributed by atoms with Gasteiger partial charge in [0.1, 0.15) is 6.04 Å². The minimum atomic E-state index is -3.74. The fourth-order valence-corrected chi connectivity index (χ4v) is 5.07. The highest BCUT2D eigenvalue weighted by molar-refractivity contribution is 7.89. The third-order valence-electron chi connectivity index (χ3n) is 4.22.